The first kappa shape index (κ1) is 29.6. The Balaban J connectivity index is 1.52. The van der Waals surface area contributed by atoms with Gasteiger partial charge in [-0.3, -0.25) is 4.98 Å². The molecule has 6 rings (SSSR count). The molecule has 0 unspecified atom stereocenters. The lowest BCUT2D eigenvalue weighted by Crippen LogP contribution is -2.26. The number of aromatic nitrogens is 8. The Kier molecular flexibility index (Phi) is 7.36. The van der Waals surface area contributed by atoms with Gasteiger partial charge in [0, 0.05) is 18.1 Å². The summed E-state index contributed by atoms with van der Waals surface area (Å²) in [6, 6.07) is 12.7. The van der Waals surface area contributed by atoms with Crippen LogP contribution < -0.4 is 10.6 Å². The zero-order valence-corrected chi connectivity index (χ0v) is 25.1. The molecule has 45 heavy (non-hydrogen) atoms. The van der Waals surface area contributed by atoms with Gasteiger partial charge in [-0.05, 0) is 64.9 Å². The number of hydrogen-bond donors (Lipinski definition) is 2. The van der Waals surface area contributed by atoms with Gasteiger partial charge in [-0.15, -0.1) is 10.2 Å². The van der Waals surface area contributed by atoms with Crippen molar-refractivity contribution >= 4 is 22.3 Å². The second-order valence-corrected chi connectivity index (χ2v) is 12.4. The third-order valence-electron chi connectivity index (χ3n) is 8.00. The van der Waals surface area contributed by atoms with E-state index in [4.69, 9.17) is 0 Å². The van der Waals surface area contributed by atoms with E-state index in [1.54, 1.807) is 18.3 Å². The lowest BCUT2D eigenvalue weighted by atomic mass is 9.95. The molecule has 0 saturated heterocycles. The summed E-state index contributed by atoms with van der Waals surface area (Å²) >= 11 is 0. The van der Waals surface area contributed by atoms with Crippen molar-refractivity contribution in [1.29, 1.82) is 10.5 Å². The molecule has 2 N–H and O–H groups in total. The quantitative estimate of drug-likeness (QED) is 0.226. The Labute approximate surface area is 257 Å². The number of nitriles is 2. The van der Waals surface area contributed by atoms with E-state index in [1.807, 2.05) is 25.1 Å². The zero-order chi connectivity index (χ0) is 31.9. The summed E-state index contributed by atoms with van der Waals surface area (Å²) in [4.78, 5) is 4.63. The molecule has 2 aromatic carbocycles. The van der Waals surface area contributed by atoms with Crippen LogP contribution in [-0.2, 0) is 5.54 Å². The first-order chi connectivity index (χ1) is 21.5. The molecule has 0 bridgehead atoms. The molecule has 3 aromatic heterocycles. The number of pyridine rings is 1. The van der Waals surface area contributed by atoms with Gasteiger partial charge in [0.25, 0.3) is 6.43 Å². The highest BCUT2D eigenvalue weighted by atomic mass is 19.3. The Morgan fingerprint density at radius 2 is 1.91 bits per heavy atom. The first-order valence-electron chi connectivity index (χ1n) is 14.4. The fraction of sp³-hybridized carbons (Fsp3) is 0.355. The van der Waals surface area contributed by atoms with Gasteiger partial charge in [-0.1, -0.05) is 38.1 Å². The van der Waals surface area contributed by atoms with Crippen LogP contribution in [0.15, 0.2) is 49.1 Å². The summed E-state index contributed by atoms with van der Waals surface area (Å²) in [5.74, 6) is 0. The van der Waals surface area contributed by atoms with Crippen LogP contribution in [0, 0.1) is 35.0 Å². The number of anilines is 2. The minimum Gasteiger partial charge on any atom is -0.383 e. The molecular formula is C31H30F2N12. The average Bonchev–Trinajstić information content (AvgIpc) is 3.39. The summed E-state index contributed by atoms with van der Waals surface area (Å²) in [5.41, 5.74) is 3.49. The largest absolute Gasteiger partial charge is 0.383 e. The molecule has 1 aliphatic rings. The highest BCUT2D eigenvalue weighted by Crippen LogP contribution is 2.48. The van der Waals surface area contributed by atoms with E-state index >= 15 is 0 Å². The molecule has 0 radical (unpaired) electrons. The molecule has 5 aromatic rings. The topological polar surface area (TPSA) is 159 Å². The lowest BCUT2D eigenvalue weighted by Gasteiger charge is -2.24. The number of tetrazole rings is 1. The SMILES string of the molecule is Cc1c([C@H](Nc2cc(C#N)cc3c(NCC(C)(C)C)c(C#N)cnc23)c2cn(C3(C(F)F)CC3)nn2)cccc1-n1cnnn1. The summed E-state index contributed by atoms with van der Waals surface area (Å²) in [7, 11) is 0. The Morgan fingerprint density at radius 3 is 2.56 bits per heavy atom. The number of rotatable bonds is 9. The number of benzene rings is 2. The van der Waals surface area contributed by atoms with E-state index in [0.717, 1.165) is 11.1 Å². The molecule has 0 spiro atoms. The fourth-order valence-electron chi connectivity index (χ4n) is 5.35. The van der Waals surface area contributed by atoms with Gasteiger partial charge < -0.3 is 10.6 Å². The molecular weight excluding hydrogens is 578 g/mol. The van der Waals surface area contributed by atoms with E-state index in [9.17, 15) is 19.3 Å². The van der Waals surface area contributed by atoms with Crippen LogP contribution in [0.4, 0.5) is 20.2 Å². The molecule has 3 heterocycles. The molecule has 0 amide bonds. The van der Waals surface area contributed by atoms with Crippen molar-refractivity contribution in [2.45, 2.75) is 58.5 Å². The highest BCUT2D eigenvalue weighted by Gasteiger charge is 2.54. The van der Waals surface area contributed by atoms with Crippen LogP contribution in [0.25, 0.3) is 16.6 Å². The van der Waals surface area contributed by atoms with Crippen LogP contribution >= 0.6 is 0 Å². The minimum atomic E-state index is -2.59. The Hall–Kier alpha value is -5.50. The van der Waals surface area contributed by atoms with Crippen LogP contribution in [0.5, 0.6) is 0 Å². The van der Waals surface area contributed by atoms with E-state index in [0.29, 0.717) is 64.2 Å². The molecule has 228 valence electrons. The van der Waals surface area contributed by atoms with Crippen molar-refractivity contribution < 1.29 is 8.78 Å². The van der Waals surface area contributed by atoms with Crippen LogP contribution in [0.1, 0.15) is 67.6 Å². The smallest absolute Gasteiger partial charge is 0.263 e. The maximum absolute atomic E-state index is 14.0. The summed E-state index contributed by atoms with van der Waals surface area (Å²) < 4.78 is 30.8. The second kappa shape index (κ2) is 11.2. The third-order valence-corrected chi connectivity index (χ3v) is 8.00. The van der Waals surface area contributed by atoms with E-state index < -0.39 is 18.0 Å². The second-order valence-electron chi connectivity index (χ2n) is 12.4. The predicted octanol–water partition coefficient (Wildman–Crippen LogP) is 5.27. The predicted molar refractivity (Wildman–Crippen MR) is 162 cm³/mol. The van der Waals surface area contributed by atoms with Crippen LogP contribution in [0.3, 0.4) is 0 Å². The highest BCUT2D eigenvalue weighted by molar-refractivity contribution is 6.01. The van der Waals surface area contributed by atoms with Gasteiger partial charge in [0.2, 0.25) is 0 Å². The molecule has 1 fully saturated rings. The van der Waals surface area contributed by atoms with Crippen molar-refractivity contribution in [3.8, 4) is 17.8 Å². The number of fused-ring (bicyclic) bond motifs is 1. The normalized spacial score (nSPS) is 14.6. The molecule has 0 aliphatic heterocycles. The van der Waals surface area contributed by atoms with Crippen LogP contribution in [0.2, 0.25) is 0 Å². The van der Waals surface area contributed by atoms with Crippen molar-refractivity contribution in [3.05, 3.63) is 77.0 Å². The summed E-state index contributed by atoms with van der Waals surface area (Å²) in [6.07, 6.45) is 2.56. The zero-order valence-electron chi connectivity index (χ0n) is 25.1. The van der Waals surface area contributed by atoms with Crippen LogP contribution in [-0.4, -0.2) is 53.2 Å². The number of hydrogen-bond acceptors (Lipinski definition) is 10. The van der Waals surface area contributed by atoms with Crippen molar-refractivity contribution in [1.82, 2.24) is 40.2 Å². The maximum Gasteiger partial charge on any atom is 0.263 e. The standard InChI is InChI=1S/C31H30F2N12/c1-18-21(6-5-7-25(18)44-17-38-41-43-44)28(24-15-45(42-40-24)31(8-9-31)29(32)33)39-23-11-19(12-34)10-22-26(37-16-30(2,3)4)20(13-35)14-36-27(22)23/h5-7,10-11,14-15,17,28-29,39H,8-9,16H2,1-4H3,(H,36,37)/t28-/m0/s1. The van der Waals surface area contributed by atoms with Crippen molar-refractivity contribution in [2.24, 2.45) is 5.41 Å². The lowest BCUT2D eigenvalue weighted by molar-refractivity contribution is 0.0593. The van der Waals surface area contributed by atoms with E-state index in [2.05, 4.69) is 74.4 Å². The molecule has 1 aliphatic carbocycles. The van der Waals surface area contributed by atoms with Crippen molar-refractivity contribution in [2.75, 3.05) is 17.2 Å². The Morgan fingerprint density at radius 1 is 1.11 bits per heavy atom. The van der Waals surface area contributed by atoms with Gasteiger partial charge >= 0.3 is 0 Å². The number of alkyl halides is 2. The molecule has 14 heteroatoms. The number of nitrogens with zero attached hydrogens (tertiary/aromatic N) is 10. The molecule has 12 nitrogen and oxygen atoms in total. The molecule has 1 saturated carbocycles. The first-order valence-corrected chi connectivity index (χ1v) is 14.4. The fourth-order valence-corrected chi connectivity index (χ4v) is 5.35. The van der Waals surface area contributed by atoms with Gasteiger partial charge in [-0.25, -0.2) is 18.1 Å². The average molecular weight is 609 g/mol. The van der Waals surface area contributed by atoms with Gasteiger partial charge in [0.05, 0.1) is 52.0 Å². The summed E-state index contributed by atoms with van der Waals surface area (Å²) in [5, 5.41) is 47.4. The van der Waals surface area contributed by atoms with Crippen molar-refractivity contribution in [3.63, 3.8) is 0 Å². The Bertz CT molecular complexity index is 1960. The summed E-state index contributed by atoms with van der Waals surface area (Å²) in [6.45, 7) is 8.70. The number of halogens is 2. The van der Waals surface area contributed by atoms with E-state index in [1.165, 1.54) is 21.9 Å². The van der Waals surface area contributed by atoms with Gasteiger partial charge in [0.1, 0.15) is 23.6 Å². The maximum atomic E-state index is 14.0. The minimum absolute atomic E-state index is 0.0908. The monoisotopic (exact) mass is 608 g/mol. The molecule has 1 atom stereocenters. The number of nitrogens with one attached hydrogen (secondary N) is 2. The van der Waals surface area contributed by atoms with E-state index in [-0.39, 0.29) is 5.41 Å². The van der Waals surface area contributed by atoms with Gasteiger partial charge in [-0.2, -0.15) is 10.5 Å². The third kappa shape index (κ3) is 5.51. The van der Waals surface area contributed by atoms with Gasteiger partial charge in [0.15, 0.2) is 0 Å².